The number of aromatic nitrogens is 2. The normalized spacial score (nSPS) is 19.7. The second kappa shape index (κ2) is 4.15. The molecule has 2 heterocycles. The third-order valence-corrected chi connectivity index (χ3v) is 3.74. The first-order valence-corrected chi connectivity index (χ1v) is 6.34. The molecular weight excluding hydrogens is 244 g/mol. The Bertz CT molecular complexity index is 687. The highest BCUT2D eigenvalue weighted by Gasteiger charge is 2.34. The Morgan fingerprint density at radius 2 is 2.00 bits per heavy atom. The molecule has 0 radical (unpaired) electrons. The van der Waals surface area contributed by atoms with Crippen molar-refractivity contribution in [3.8, 4) is 0 Å². The highest BCUT2D eigenvalue weighted by Crippen LogP contribution is 2.28. The van der Waals surface area contributed by atoms with Crippen LogP contribution in [0.1, 0.15) is 18.5 Å². The fraction of sp³-hybridized carbons (Fsp3) is 0.385. The molecule has 1 aromatic heterocycles. The Morgan fingerprint density at radius 1 is 1.26 bits per heavy atom. The number of fused-ring (bicyclic) bond motifs is 1. The molecule has 1 aromatic carbocycles. The van der Waals surface area contributed by atoms with Crippen molar-refractivity contribution in [3.63, 3.8) is 0 Å². The predicted molar refractivity (Wildman–Crippen MR) is 72.1 cm³/mol. The Kier molecular flexibility index (Phi) is 2.58. The molecule has 1 aliphatic rings. The van der Waals surface area contributed by atoms with E-state index in [0.29, 0.717) is 13.1 Å². The predicted octanol–water partition coefficient (Wildman–Crippen LogP) is 1.28. The number of nitrogens with one attached hydrogen (secondary N) is 2. The lowest BCUT2D eigenvalue weighted by Crippen LogP contribution is -2.29. The van der Waals surface area contributed by atoms with Gasteiger partial charge in [-0.1, -0.05) is 6.07 Å². The number of H-pyrrole nitrogens is 2. The third kappa shape index (κ3) is 1.80. The standard InChI is InChI=1S/C13H16N4O2/c1-3-17-7-11(16(2)13(17)19)8-4-5-9-10(6-8)15-12(18)14-9/h4-6,11H,3,7H2,1-2H3,(H2,14,15,18). The van der Waals surface area contributed by atoms with Crippen LogP contribution in [0.3, 0.4) is 0 Å². The number of hydrogen-bond acceptors (Lipinski definition) is 2. The molecule has 1 atom stereocenters. The Morgan fingerprint density at radius 3 is 2.68 bits per heavy atom. The van der Waals surface area contributed by atoms with Crippen LogP contribution >= 0.6 is 0 Å². The van der Waals surface area contributed by atoms with Gasteiger partial charge in [0.15, 0.2) is 0 Å². The minimum Gasteiger partial charge on any atom is -0.323 e. The maximum Gasteiger partial charge on any atom is 0.323 e. The summed E-state index contributed by atoms with van der Waals surface area (Å²) >= 11 is 0. The smallest absolute Gasteiger partial charge is 0.323 e. The van der Waals surface area contributed by atoms with Crippen molar-refractivity contribution in [1.29, 1.82) is 0 Å². The molecule has 6 nitrogen and oxygen atoms in total. The number of amides is 2. The van der Waals surface area contributed by atoms with Gasteiger partial charge in [-0.15, -0.1) is 0 Å². The molecule has 3 rings (SSSR count). The molecule has 6 heteroatoms. The number of rotatable bonds is 2. The second-order valence-corrected chi connectivity index (χ2v) is 4.83. The van der Waals surface area contributed by atoms with E-state index in [9.17, 15) is 9.59 Å². The first-order valence-electron chi connectivity index (χ1n) is 6.34. The zero-order valence-electron chi connectivity index (χ0n) is 10.9. The number of benzene rings is 1. The summed E-state index contributed by atoms with van der Waals surface area (Å²) in [5, 5.41) is 0. The minimum absolute atomic E-state index is 0.0373. The number of carbonyl (C=O) groups excluding carboxylic acids is 1. The van der Waals surface area contributed by atoms with E-state index in [1.54, 1.807) is 4.90 Å². The van der Waals surface area contributed by atoms with Crippen LogP contribution in [-0.2, 0) is 0 Å². The average molecular weight is 260 g/mol. The number of imidazole rings is 1. The van der Waals surface area contributed by atoms with Crippen molar-refractivity contribution in [2.75, 3.05) is 20.1 Å². The highest BCUT2D eigenvalue weighted by atomic mass is 16.2. The van der Waals surface area contributed by atoms with Gasteiger partial charge in [-0.25, -0.2) is 9.59 Å². The maximum atomic E-state index is 12.0. The molecule has 0 saturated carbocycles. The summed E-state index contributed by atoms with van der Waals surface area (Å²) in [6, 6.07) is 5.85. The van der Waals surface area contributed by atoms with E-state index in [-0.39, 0.29) is 17.8 Å². The van der Waals surface area contributed by atoms with Crippen LogP contribution in [0, 0.1) is 0 Å². The van der Waals surface area contributed by atoms with Crippen molar-refractivity contribution in [3.05, 3.63) is 34.2 Å². The van der Waals surface area contributed by atoms with Gasteiger partial charge in [0.1, 0.15) is 0 Å². The monoisotopic (exact) mass is 260 g/mol. The summed E-state index contributed by atoms with van der Waals surface area (Å²) in [4.78, 5) is 32.2. The molecule has 1 fully saturated rings. The Hall–Kier alpha value is -2.24. The highest BCUT2D eigenvalue weighted by molar-refractivity contribution is 5.79. The quantitative estimate of drug-likeness (QED) is 0.854. The first kappa shape index (κ1) is 11.8. The lowest BCUT2D eigenvalue weighted by atomic mass is 10.1. The number of nitrogens with zero attached hydrogens (tertiary/aromatic N) is 2. The Balaban J connectivity index is 2.00. The molecular formula is C13H16N4O2. The number of likely N-dealkylation sites (N-methyl/N-ethyl adjacent to an activating group) is 2. The first-order chi connectivity index (χ1) is 9.10. The van der Waals surface area contributed by atoms with Gasteiger partial charge >= 0.3 is 11.7 Å². The molecule has 2 amide bonds. The van der Waals surface area contributed by atoms with Gasteiger partial charge in [-0.2, -0.15) is 0 Å². The minimum atomic E-state index is -0.210. The lowest BCUT2D eigenvalue weighted by molar-refractivity contribution is 0.197. The van der Waals surface area contributed by atoms with Crippen molar-refractivity contribution in [2.24, 2.45) is 0 Å². The van der Waals surface area contributed by atoms with Crippen LogP contribution in [-0.4, -0.2) is 45.9 Å². The van der Waals surface area contributed by atoms with Crippen molar-refractivity contribution in [1.82, 2.24) is 19.8 Å². The number of urea groups is 1. The van der Waals surface area contributed by atoms with Gasteiger partial charge in [0.2, 0.25) is 0 Å². The van der Waals surface area contributed by atoms with Gasteiger partial charge in [0, 0.05) is 20.1 Å². The van der Waals surface area contributed by atoms with E-state index in [2.05, 4.69) is 9.97 Å². The van der Waals surface area contributed by atoms with Crippen LogP contribution in [0.5, 0.6) is 0 Å². The maximum absolute atomic E-state index is 12.0. The van der Waals surface area contributed by atoms with Crippen LogP contribution in [0.25, 0.3) is 11.0 Å². The summed E-state index contributed by atoms with van der Waals surface area (Å²) in [6.45, 7) is 3.37. The lowest BCUT2D eigenvalue weighted by Gasteiger charge is -2.17. The third-order valence-electron chi connectivity index (χ3n) is 3.74. The van der Waals surface area contributed by atoms with Gasteiger partial charge in [0.05, 0.1) is 17.1 Å². The zero-order chi connectivity index (χ0) is 13.6. The summed E-state index contributed by atoms with van der Waals surface area (Å²) in [5.41, 5.74) is 2.39. The Labute approximate surface area is 110 Å². The fourth-order valence-electron chi connectivity index (χ4n) is 2.62. The van der Waals surface area contributed by atoms with Gasteiger partial charge < -0.3 is 19.8 Å². The average Bonchev–Trinajstić information content (AvgIpc) is 2.90. The molecule has 2 aromatic rings. The molecule has 100 valence electrons. The van der Waals surface area contributed by atoms with E-state index in [1.807, 2.05) is 37.1 Å². The molecule has 1 aliphatic heterocycles. The molecule has 0 spiro atoms. The number of aromatic amines is 2. The largest absolute Gasteiger partial charge is 0.323 e. The van der Waals surface area contributed by atoms with Gasteiger partial charge in [-0.05, 0) is 24.6 Å². The molecule has 0 aliphatic carbocycles. The summed E-state index contributed by atoms with van der Waals surface area (Å²) in [5.74, 6) is 0. The van der Waals surface area contributed by atoms with Crippen LogP contribution in [0.2, 0.25) is 0 Å². The van der Waals surface area contributed by atoms with Crippen molar-refractivity contribution < 1.29 is 4.79 Å². The molecule has 2 N–H and O–H groups in total. The summed E-state index contributed by atoms with van der Waals surface area (Å²) in [6.07, 6.45) is 0. The molecule has 19 heavy (non-hydrogen) atoms. The second-order valence-electron chi connectivity index (χ2n) is 4.83. The number of carbonyl (C=O) groups is 1. The number of hydrogen-bond donors (Lipinski definition) is 2. The van der Waals surface area contributed by atoms with Crippen LogP contribution in [0.15, 0.2) is 23.0 Å². The van der Waals surface area contributed by atoms with Gasteiger partial charge in [-0.3, -0.25) is 0 Å². The van der Waals surface area contributed by atoms with Crippen LogP contribution in [0.4, 0.5) is 4.79 Å². The van der Waals surface area contributed by atoms with Crippen molar-refractivity contribution >= 4 is 17.1 Å². The van der Waals surface area contributed by atoms with E-state index < -0.39 is 0 Å². The van der Waals surface area contributed by atoms with Gasteiger partial charge in [0.25, 0.3) is 0 Å². The molecule has 1 unspecified atom stereocenters. The topological polar surface area (TPSA) is 72.2 Å². The molecule has 0 bridgehead atoms. The van der Waals surface area contributed by atoms with E-state index in [1.165, 1.54) is 0 Å². The van der Waals surface area contributed by atoms with E-state index in [4.69, 9.17) is 0 Å². The summed E-state index contributed by atoms with van der Waals surface area (Å²) in [7, 11) is 1.81. The zero-order valence-corrected chi connectivity index (χ0v) is 10.9. The van der Waals surface area contributed by atoms with Crippen LogP contribution < -0.4 is 5.69 Å². The SMILES string of the molecule is CCN1CC(c2ccc3[nH]c(=O)[nH]c3c2)N(C)C1=O. The van der Waals surface area contributed by atoms with E-state index in [0.717, 1.165) is 16.6 Å². The fourth-order valence-corrected chi connectivity index (χ4v) is 2.62. The summed E-state index contributed by atoms with van der Waals surface area (Å²) < 4.78 is 0. The van der Waals surface area contributed by atoms with Crippen molar-refractivity contribution in [2.45, 2.75) is 13.0 Å². The molecule has 1 saturated heterocycles. The van der Waals surface area contributed by atoms with E-state index >= 15 is 0 Å².